The highest BCUT2D eigenvalue weighted by Crippen LogP contribution is 2.22. The Morgan fingerprint density at radius 2 is 1.86 bits per heavy atom. The highest BCUT2D eigenvalue weighted by atomic mass is 35.5. The quantitative estimate of drug-likeness (QED) is 0.554. The first-order valence-corrected chi connectivity index (χ1v) is 11.4. The average Bonchev–Trinajstić information content (AvgIpc) is 3.03. The van der Waals surface area contributed by atoms with Gasteiger partial charge in [-0.15, -0.1) is 0 Å². The summed E-state index contributed by atoms with van der Waals surface area (Å²) in [5, 5.41) is 0.523. The first kappa shape index (κ1) is 21.2. The first-order chi connectivity index (χ1) is 13.7. The van der Waals surface area contributed by atoms with Gasteiger partial charge in [-0.05, 0) is 42.5 Å². The summed E-state index contributed by atoms with van der Waals surface area (Å²) in [6, 6.07) is 10.8. The summed E-state index contributed by atoms with van der Waals surface area (Å²) in [4.78, 5) is 29.0. The number of fused-ring (bicyclic) bond motifs is 1. The third-order valence-electron chi connectivity index (χ3n) is 4.20. The van der Waals surface area contributed by atoms with Crippen LogP contribution in [0.1, 0.15) is 17.3 Å². The first-order valence-electron chi connectivity index (χ1n) is 8.52. The van der Waals surface area contributed by atoms with Crippen molar-refractivity contribution in [2.75, 3.05) is 12.9 Å². The van der Waals surface area contributed by atoms with Crippen LogP contribution in [-0.2, 0) is 25.9 Å². The molecule has 7 nitrogen and oxygen atoms in total. The summed E-state index contributed by atoms with van der Waals surface area (Å²) in [6.45, 7) is 1.44. The SMILES string of the molecule is CCS(=O)(=O)c1ccc(C(=O)N=c2sc3cc(Cl)ccc3n2CC(=O)OC)cc1. The molecule has 29 heavy (non-hydrogen) atoms. The molecule has 0 fully saturated rings. The zero-order chi connectivity index (χ0) is 21.2. The van der Waals surface area contributed by atoms with Crippen molar-refractivity contribution in [3.8, 4) is 0 Å². The number of benzene rings is 2. The number of aromatic nitrogens is 1. The second-order valence-electron chi connectivity index (χ2n) is 6.00. The van der Waals surface area contributed by atoms with E-state index in [2.05, 4.69) is 4.99 Å². The van der Waals surface area contributed by atoms with Gasteiger partial charge in [0.25, 0.3) is 5.91 Å². The summed E-state index contributed by atoms with van der Waals surface area (Å²) in [5.74, 6) is -1.06. The van der Waals surface area contributed by atoms with E-state index >= 15 is 0 Å². The topological polar surface area (TPSA) is 94.8 Å². The molecular formula is C19H17ClN2O5S2. The Hall–Kier alpha value is -2.49. The number of nitrogens with zero attached hydrogens (tertiary/aromatic N) is 2. The summed E-state index contributed by atoms with van der Waals surface area (Å²) in [6.07, 6.45) is 0. The van der Waals surface area contributed by atoms with Crippen molar-refractivity contribution in [3.05, 3.63) is 57.9 Å². The second kappa shape index (κ2) is 8.48. The molecule has 3 rings (SSSR count). The van der Waals surface area contributed by atoms with E-state index in [1.54, 1.807) is 29.7 Å². The third-order valence-corrected chi connectivity index (χ3v) is 7.22. The third kappa shape index (κ3) is 4.58. The van der Waals surface area contributed by atoms with E-state index in [4.69, 9.17) is 16.3 Å². The van der Waals surface area contributed by atoms with Gasteiger partial charge in [-0.3, -0.25) is 9.59 Å². The molecule has 0 radical (unpaired) electrons. The van der Waals surface area contributed by atoms with Gasteiger partial charge in [-0.2, -0.15) is 4.99 Å². The predicted octanol–water partition coefficient (Wildman–Crippen LogP) is 3.06. The zero-order valence-electron chi connectivity index (χ0n) is 15.6. The van der Waals surface area contributed by atoms with Crippen molar-refractivity contribution in [2.24, 2.45) is 4.99 Å². The molecule has 0 atom stereocenters. The van der Waals surface area contributed by atoms with Gasteiger partial charge >= 0.3 is 5.97 Å². The van der Waals surface area contributed by atoms with Gasteiger partial charge in [0.1, 0.15) is 6.54 Å². The van der Waals surface area contributed by atoms with E-state index in [0.29, 0.717) is 15.3 Å². The lowest BCUT2D eigenvalue weighted by Crippen LogP contribution is -2.22. The van der Waals surface area contributed by atoms with E-state index < -0.39 is 21.7 Å². The minimum Gasteiger partial charge on any atom is -0.468 e. The normalized spacial score (nSPS) is 12.3. The van der Waals surface area contributed by atoms with Crippen molar-refractivity contribution < 1.29 is 22.7 Å². The van der Waals surface area contributed by atoms with Crippen LogP contribution < -0.4 is 4.80 Å². The Kier molecular flexibility index (Phi) is 6.21. The molecule has 3 aromatic rings. The molecule has 1 amide bonds. The molecule has 10 heteroatoms. The lowest BCUT2D eigenvalue weighted by atomic mass is 10.2. The van der Waals surface area contributed by atoms with E-state index in [1.165, 1.54) is 42.7 Å². The summed E-state index contributed by atoms with van der Waals surface area (Å²) in [7, 11) is -2.07. The fraction of sp³-hybridized carbons (Fsp3) is 0.211. The maximum atomic E-state index is 12.6. The monoisotopic (exact) mass is 452 g/mol. The number of esters is 1. The molecule has 0 saturated carbocycles. The van der Waals surface area contributed by atoms with Crippen molar-refractivity contribution in [1.82, 2.24) is 4.57 Å². The maximum Gasteiger partial charge on any atom is 0.325 e. The molecule has 0 spiro atoms. The van der Waals surface area contributed by atoms with Crippen LogP contribution >= 0.6 is 22.9 Å². The number of thiazole rings is 1. The Morgan fingerprint density at radius 3 is 2.48 bits per heavy atom. The Bertz CT molecular complexity index is 1260. The van der Waals surface area contributed by atoms with Crippen LogP contribution in [0, 0.1) is 0 Å². The summed E-state index contributed by atoms with van der Waals surface area (Å²) in [5.41, 5.74) is 0.931. The molecule has 0 bridgehead atoms. The highest BCUT2D eigenvalue weighted by molar-refractivity contribution is 7.91. The number of methoxy groups -OCH3 is 1. The molecular weight excluding hydrogens is 436 g/mol. The molecule has 1 aromatic heterocycles. The highest BCUT2D eigenvalue weighted by Gasteiger charge is 2.15. The maximum absolute atomic E-state index is 12.6. The van der Waals surface area contributed by atoms with Crippen LogP contribution in [0.5, 0.6) is 0 Å². The smallest absolute Gasteiger partial charge is 0.325 e. The molecule has 1 heterocycles. The molecule has 0 aliphatic heterocycles. The van der Waals surface area contributed by atoms with E-state index in [1.807, 2.05) is 0 Å². The van der Waals surface area contributed by atoms with Gasteiger partial charge in [0.05, 0.1) is 28.0 Å². The second-order valence-corrected chi connectivity index (χ2v) is 9.73. The number of carbonyl (C=O) groups is 2. The van der Waals surface area contributed by atoms with Crippen molar-refractivity contribution >= 4 is 54.9 Å². The minimum absolute atomic E-state index is 0.0253. The Balaban J connectivity index is 2.06. The van der Waals surface area contributed by atoms with Crippen molar-refractivity contribution in [3.63, 3.8) is 0 Å². The van der Waals surface area contributed by atoms with Gasteiger partial charge in [-0.1, -0.05) is 29.9 Å². The van der Waals surface area contributed by atoms with E-state index in [-0.39, 0.29) is 22.8 Å². The average molecular weight is 453 g/mol. The Morgan fingerprint density at radius 1 is 1.17 bits per heavy atom. The van der Waals surface area contributed by atoms with Crippen molar-refractivity contribution in [1.29, 1.82) is 0 Å². The molecule has 0 aliphatic rings. The lowest BCUT2D eigenvalue weighted by molar-refractivity contribution is -0.141. The van der Waals surface area contributed by atoms with Gasteiger partial charge in [0.15, 0.2) is 14.6 Å². The number of rotatable bonds is 5. The van der Waals surface area contributed by atoms with Gasteiger partial charge in [0, 0.05) is 10.6 Å². The number of halogens is 1. The summed E-state index contributed by atoms with van der Waals surface area (Å²) >= 11 is 7.25. The number of ether oxygens (including phenoxy) is 1. The largest absolute Gasteiger partial charge is 0.468 e. The van der Waals surface area contributed by atoms with Gasteiger partial charge in [-0.25, -0.2) is 8.42 Å². The van der Waals surface area contributed by atoms with Crippen LogP contribution in [0.4, 0.5) is 0 Å². The predicted molar refractivity (Wildman–Crippen MR) is 111 cm³/mol. The van der Waals surface area contributed by atoms with Crippen LogP contribution in [0.3, 0.4) is 0 Å². The van der Waals surface area contributed by atoms with Gasteiger partial charge < -0.3 is 9.30 Å². The number of amides is 1. The minimum atomic E-state index is -3.35. The van der Waals surface area contributed by atoms with Gasteiger partial charge in [0.2, 0.25) is 0 Å². The molecule has 0 saturated heterocycles. The standard InChI is InChI=1S/C19H17ClN2O5S2/c1-3-29(25,26)14-7-4-12(5-8-14)18(24)21-19-22(11-17(23)27-2)15-9-6-13(20)10-16(15)28-19/h4-10H,3,11H2,1-2H3. The molecule has 0 N–H and O–H groups in total. The molecule has 0 aliphatic carbocycles. The Labute approximate surface area is 176 Å². The van der Waals surface area contributed by atoms with Crippen molar-refractivity contribution in [2.45, 2.75) is 18.4 Å². The zero-order valence-corrected chi connectivity index (χ0v) is 18.0. The number of carbonyl (C=O) groups excluding carboxylic acids is 2. The lowest BCUT2D eigenvalue weighted by Gasteiger charge is -2.04. The molecule has 2 aromatic carbocycles. The number of hydrogen-bond donors (Lipinski definition) is 0. The number of sulfone groups is 1. The van der Waals surface area contributed by atoms with E-state index in [9.17, 15) is 18.0 Å². The fourth-order valence-electron chi connectivity index (χ4n) is 2.60. The van der Waals surface area contributed by atoms with Crippen LogP contribution in [0.25, 0.3) is 10.2 Å². The number of hydrogen-bond acceptors (Lipinski definition) is 6. The van der Waals surface area contributed by atoms with Crippen LogP contribution in [0.2, 0.25) is 5.02 Å². The van der Waals surface area contributed by atoms with E-state index in [0.717, 1.165) is 4.70 Å². The summed E-state index contributed by atoms with van der Waals surface area (Å²) < 4.78 is 30.9. The van der Waals surface area contributed by atoms with Crippen LogP contribution in [-0.4, -0.2) is 37.7 Å². The van der Waals surface area contributed by atoms with Crippen LogP contribution in [0.15, 0.2) is 52.4 Å². The molecule has 152 valence electrons. The molecule has 0 unspecified atom stereocenters. The fourth-order valence-corrected chi connectivity index (χ4v) is 4.79.